The number of pyridine rings is 1. The van der Waals surface area contributed by atoms with Gasteiger partial charge in [-0.3, -0.25) is 24.4 Å². The van der Waals surface area contributed by atoms with Gasteiger partial charge in [0.05, 0.1) is 49.5 Å². The second-order valence-corrected chi connectivity index (χ2v) is 17.2. The zero-order valence-electron chi connectivity index (χ0n) is 34.8. The third-order valence-corrected chi connectivity index (χ3v) is 13.5. The van der Waals surface area contributed by atoms with Crippen LogP contribution >= 0.6 is 0 Å². The van der Waals surface area contributed by atoms with Gasteiger partial charge in [-0.25, -0.2) is 4.98 Å². The monoisotopic (exact) mass is 796 g/mol. The van der Waals surface area contributed by atoms with E-state index in [0.29, 0.717) is 18.4 Å². The van der Waals surface area contributed by atoms with Crippen LogP contribution in [0, 0.1) is 35.5 Å². The Hall–Kier alpha value is -5.42. The molecule has 2 aromatic heterocycles. The highest BCUT2D eigenvalue weighted by molar-refractivity contribution is 6.02. The summed E-state index contributed by atoms with van der Waals surface area (Å²) in [7, 11) is 2.88. The minimum absolute atomic E-state index is 0.0318. The van der Waals surface area contributed by atoms with Crippen molar-refractivity contribution in [1.29, 1.82) is 0 Å². The number of H-pyrrole nitrogens is 1. The fraction of sp³-hybridized carbons (Fsp3) is 0.458. The average molecular weight is 797 g/mol. The number of allylic oxidation sites excluding steroid dienone is 1. The number of amides is 2. The third-order valence-electron chi connectivity index (χ3n) is 13.5. The molecule has 2 aliphatic carbocycles. The molecule has 1 saturated heterocycles. The highest BCUT2D eigenvalue weighted by atomic mass is 16.5. The lowest BCUT2D eigenvalue weighted by atomic mass is 9.74. The summed E-state index contributed by atoms with van der Waals surface area (Å²) in [6, 6.07) is 20.8. The number of likely N-dealkylation sites (tertiary alicyclic amines) is 1. The predicted octanol–water partition coefficient (Wildman–Crippen LogP) is 8.38. The van der Waals surface area contributed by atoms with Crippen molar-refractivity contribution >= 4 is 29.1 Å². The zero-order valence-corrected chi connectivity index (χ0v) is 34.8. The summed E-state index contributed by atoms with van der Waals surface area (Å²) >= 11 is 0. The Labute approximate surface area is 347 Å². The molecule has 4 aromatic rings. The predicted molar refractivity (Wildman–Crippen MR) is 228 cm³/mol. The third kappa shape index (κ3) is 8.26. The Morgan fingerprint density at radius 3 is 2.29 bits per heavy atom. The number of carbonyl (C=O) groups excluding carboxylic acids is 3. The van der Waals surface area contributed by atoms with E-state index in [2.05, 4.69) is 83.7 Å². The minimum atomic E-state index is -0.633. The molecule has 2 aromatic carbocycles. The normalized spacial score (nSPS) is 23.8. The first-order valence-corrected chi connectivity index (χ1v) is 21.3. The second kappa shape index (κ2) is 17.4. The van der Waals surface area contributed by atoms with Crippen LogP contribution in [0.2, 0.25) is 0 Å². The fourth-order valence-electron chi connectivity index (χ4n) is 10.2. The maximum Gasteiger partial charge on any atom is 0.306 e. The summed E-state index contributed by atoms with van der Waals surface area (Å²) in [4.78, 5) is 59.2. The molecule has 2 bridgehead atoms. The lowest BCUT2D eigenvalue weighted by Crippen LogP contribution is -2.43. The molecule has 11 heteroatoms. The fourth-order valence-corrected chi connectivity index (χ4v) is 10.2. The van der Waals surface area contributed by atoms with Crippen molar-refractivity contribution in [3.05, 3.63) is 102 Å². The van der Waals surface area contributed by atoms with Gasteiger partial charge < -0.3 is 24.7 Å². The van der Waals surface area contributed by atoms with Crippen molar-refractivity contribution in [2.24, 2.45) is 40.5 Å². The summed E-state index contributed by atoms with van der Waals surface area (Å²) < 4.78 is 10.3. The van der Waals surface area contributed by atoms with E-state index in [1.165, 1.54) is 19.1 Å². The van der Waals surface area contributed by atoms with E-state index in [1.807, 2.05) is 36.5 Å². The number of nitrogens with one attached hydrogen (secondary N) is 2. The molecular formula is C48H56N6O5. The second-order valence-electron chi connectivity index (χ2n) is 17.2. The van der Waals surface area contributed by atoms with Crippen LogP contribution in [0.4, 0.5) is 0 Å². The molecule has 11 nitrogen and oxygen atoms in total. The van der Waals surface area contributed by atoms with Gasteiger partial charge in [0.15, 0.2) is 0 Å². The van der Waals surface area contributed by atoms with Gasteiger partial charge in [0.25, 0.3) is 0 Å². The number of ether oxygens (including phenoxy) is 2. The molecule has 2 amide bonds. The minimum Gasteiger partial charge on any atom is -0.469 e. The van der Waals surface area contributed by atoms with Crippen molar-refractivity contribution in [2.75, 3.05) is 20.8 Å². The molecule has 3 fully saturated rings. The average Bonchev–Trinajstić information content (AvgIpc) is 4.13. The smallest absolute Gasteiger partial charge is 0.306 e. The van der Waals surface area contributed by atoms with Crippen molar-refractivity contribution in [1.82, 2.24) is 25.2 Å². The van der Waals surface area contributed by atoms with Crippen molar-refractivity contribution in [3.8, 4) is 22.4 Å². The summed E-state index contributed by atoms with van der Waals surface area (Å²) in [5.41, 5.74) is 8.67. The molecule has 2 N–H and O–H groups in total. The highest BCUT2D eigenvalue weighted by Crippen LogP contribution is 2.54. The van der Waals surface area contributed by atoms with Gasteiger partial charge in [0, 0.05) is 56.2 Å². The van der Waals surface area contributed by atoms with Crippen molar-refractivity contribution in [2.45, 2.75) is 83.9 Å². The molecule has 8 atom stereocenters. The number of aromatic nitrogens is 3. The number of imidazole rings is 1. The van der Waals surface area contributed by atoms with Gasteiger partial charge in [-0.15, -0.1) is 0 Å². The Bertz CT molecular complexity index is 2200. The summed E-state index contributed by atoms with van der Waals surface area (Å²) in [6.45, 7) is 6.71. The molecule has 0 spiro atoms. The van der Waals surface area contributed by atoms with E-state index in [9.17, 15) is 14.4 Å². The van der Waals surface area contributed by atoms with Crippen LogP contribution in [-0.4, -0.2) is 70.2 Å². The molecule has 8 rings (SSSR count). The highest BCUT2D eigenvalue weighted by Gasteiger charge is 2.53. The first-order chi connectivity index (χ1) is 28.6. The molecule has 2 saturated carbocycles. The number of fused-ring (bicyclic) bond motifs is 2. The van der Waals surface area contributed by atoms with Crippen LogP contribution in [0.3, 0.4) is 0 Å². The van der Waals surface area contributed by atoms with Crippen LogP contribution in [0.1, 0.15) is 94.8 Å². The first-order valence-electron chi connectivity index (χ1n) is 21.3. The Kier molecular flexibility index (Phi) is 11.9. The van der Waals surface area contributed by atoms with Gasteiger partial charge in [-0.2, -0.15) is 0 Å². The number of rotatable bonds is 14. The standard InChI is InChI=1S/C48H56N6O5/c1-28(2)45(36-8-6-20-49-25-36)53-47(56)44-35-19-18-34(22-35)43(44)39-23-37(26-50-39)32-12-10-30(11-13-32)31-14-16-33(17-15-31)40-27-51-46(52-40)41-9-7-21-54(41)48(57)38(29(3)58-4)24-42(55)59-5/h6,8,10-17,20,25-29,34-35,38,41,43-45H,7,9,18-19,21-24H2,1-5H3,(H,51,52)(H,53,56)/t29-,34?,35?,38+,41+,43?,44-,45+/m1/s1. The van der Waals surface area contributed by atoms with Crippen molar-refractivity contribution < 1.29 is 23.9 Å². The van der Waals surface area contributed by atoms with Gasteiger partial charge >= 0.3 is 5.97 Å². The number of nitrogens with zero attached hydrogens (tertiary/aromatic N) is 4. The Morgan fingerprint density at radius 1 is 0.898 bits per heavy atom. The molecule has 308 valence electrons. The van der Waals surface area contributed by atoms with E-state index in [4.69, 9.17) is 19.5 Å². The maximum absolute atomic E-state index is 14.1. The molecule has 3 unspecified atom stereocenters. The SMILES string of the molecule is COC(=O)C[C@H](C(=O)N1CCC[C@H]1c1ncc(-c2ccc(-c3ccc(C4=CN=C(C5C6CCC(C6)[C@H]5C(=O)N[C@H](c5cccnc5)C(C)C)C4)cc3)cc2)[nH]1)[C@@H](C)OC. The van der Waals surface area contributed by atoms with E-state index in [-0.39, 0.29) is 48.1 Å². The molecule has 0 radical (unpaired) electrons. The molecule has 4 aliphatic rings. The maximum atomic E-state index is 14.1. The lowest BCUT2D eigenvalue weighted by molar-refractivity contribution is -0.151. The van der Waals surface area contributed by atoms with E-state index < -0.39 is 18.0 Å². The summed E-state index contributed by atoms with van der Waals surface area (Å²) in [6.07, 6.45) is 12.8. The quantitative estimate of drug-likeness (QED) is 0.122. The molecule has 2 aliphatic heterocycles. The zero-order chi connectivity index (χ0) is 41.2. The number of benzene rings is 2. The number of aromatic amines is 1. The Balaban J connectivity index is 0.898. The number of hydrogen-bond acceptors (Lipinski definition) is 8. The number of hydrogen-bond donors (Lipinski definition) is 2. The molecule has 4 heterocycles. The lowest BCUT2D eigenvalue weighted by Gasteiger charge is -2.33. The van der Waals surface area contributed by atoms with E-state index >= 15 is 0 Å². The molecular weight excluding hydrogens is 741 g/mol. The van der Waals surface area contributed by atoms with Gasteiger partial charge in [-0.1, -0.05) is 68.4 Å². The Morgan fingerprint density at radius 2 is 1.61 bits per heavy atom. The van der Waals surface area contributed by atoms with Crippen LogP contribution in [-0.2, 0) is 23.9 Å². The van der Waals surface area contributed by atoms with Crippen LogP contribution < -0.4 is 5.32 Å². The molecule has 59 heavy (non-hydrogen) atoms. The van der Waals surface area contributed by atoms with Gasteiger partial charge in [0.2, 0.25) is 11.8 Å². The number of aliphatic imine (C=N–C) groups is 1. The first kappa shape index (κ1) is 40.4. The number of carbonyl (C=O) groups is 3. The van der Waals surface area contributed by atoms with Crippen LogP contribution in [0.15, 0.2) is 90.4 Å². The largest absolute Gasteiger partial charge is 0.469 e. The van der Waals surface area contributed by atoms with E-state index in [1.54, 1.807) is 13.3 Å². The topological polar surface area (TPSA) is 139 Å². The van der Waals surface area contributed by atoms with Crippen LogP contribution in [0.5, 0.6) is 0 Å². The van der Waals surface area contributed by atoms with Gasteiger partial charge in [-0.05, 0) is 96.2 Å². The van der Waals surface area contributed by atoms with Crippen molar-refractivity contribution in [3.63, 3.8) is 0 Å². The number of methoxy groups -OCH3 is 2. The summed E-state index contributed by atoms with van der Waals surface area (Å²) in [5, 5.41) is 3.44. The van der Waals surface area contributed by atoms with E-state index in [0.717, 1.165) is 77.2 Å². The summed E-state index contributed by atoms with van der Waals surface area (Å²) in [5.74, 6) is 1.04. The number of esters is 1. The van der Waals surface area contributed by atoms with Gasteiger partial charge in [0.1, 0.15) is 5.82 Å². The van der Waals surface area contributed by atoms with Crippen LogP contribution in [0.25, 0.3) is 28.0 Å².